The summed E-state index contributed by atoms with van der Waals surface area (Å²) in [6.07, 6.45) is 0.877. The quantitative estimate of drug-likeness (QED) is 0.469. The molecule has 11 nitrogen and oxygen atoms in total. The van der Waals surface area contributed by atoms with Crippen LogP contribution in [0.3, 0.4) is 0 Å². The van der Waals surface area contributed by atoms with Crippen LogP contribution in [0.25, 0.3) is 21.6 Å². The highest BCUT2D eigenvalue weighted by Gasteiger charge is 2.36. The van der Waals surface area contributed by atoms with Crippen molar-refractivity contribution >= 4 is 17.1 Å². The second-order valence-electron chi connectivity index (χ2n) is 4.73. The molecule has 0 radical (unpaired) electrons. The van der Waals surface area contributed by atoms with Crippen LogP contribution in [-0.4, -0.2) is 50.5 Å². The van der Waals surface area contributed by atoms with Gasteiger partial charge in [-0.2, -0.15) is 9.97 Å². The molecule has 1 saturated heterocycles. The summed E-state index contributed by atoms with van der Waals surface area (Å²) >= 11 is 0. The van der Waals surface area contributed by atoms with E-state index < -0.39 is 18.4 Å². The topological polar surface area (TPSA) is 157 Å². The number of fused-ring (bicyclic) bond motifs is 1. The number of imidazole rings is 1. The lowest BCUT2D eigenvalue weighted by atomic mass is 10.1. The Kier molecular flexibility index (Phi) is 3.67. The van der Waals surface area contributed by atoms with E-state index in [4.69, 9.17) is 20.7 Å². The summed E-state index contributed by atoms with van der Waals surface area (Å²) < 4.78 is 12.5. The number of azide groups is 1. The van der Waals surface area contributed by atoms with Crippen molar-refractivity contribution in [1.82, 2.24) is 19.5 Å². The molecule has 0 bridgehead atoms. The first-order valence-electron chi connectivity index (χ1n) is 6.52. The fourth-order valence-corrected chi connectivity index (χ4v) is 2.50. The largest absolute Gasteiger partial charge is 0.479 e. The van der Waals surface area contributed by atoms with Gasteiger partial charge in [-0.15, -0.1) is 0 Å². The van der Waals surface area contributed by atoms with Crippen LogP contribution in [0.5, 0.6) is 5.88 Å². The molecule has 0 spiro atoms. The number of methoxy groups -OCH3 is 1. The van der Waals surface area contributed by atoms with Crippen molar-refractivity contribution in [3.63, 3.8) is 0 Å². The fraction of sp³-hybridized carbons (Fsp3) is 0.545. The Bertz CT molecular complexity index is 740. The lowest BCUT2D eigenvalue weighted by Gasteiger charge is -2.14. The molecule has 1 aliphatic heterocycles. The second-order valence-corrected chi connectivity index (χ2v) is 4.73. The molecule has 0 aliphatic carbocycles. The van der Waals surface area contributed by atoms with Crippen molar-refractivity contribution in [2.24, 2.45) is 5.11 Å². The number of ether oxygens (including phenoxy) is 2. The summed E-state index contributed by atoms with van der Waals surface area (Å²) in [4.78, 5) is 15.1. The van der Waals surface area contributed by atoms with Crippen LogP contribution < -0.4 is 10.5 Å². The van der Waals surface area contributed by atoms with Gasteiger partial charge in [0.2, 0.25) is 11.8 Å². The van der Waals surface area contributed by atoms with Gasteiger partial charge in [-0.1, -0.05) is 5.11 Å². The zero-order valence-electron chi connectivity index (χ0n) is 11.7. The number of aliphatic hydroxyl groups excluding tert-OH is 1. The normalized spacial score (nSPS) is 24.4. The Hall–Kier alpha value is -2.62. The molecule has 3 atom stereocenters. The highest BCUT2D eigenvalue weighted by atomic mass is 16.5. The molecule has 0 saturated carbocycles. The summed E-state index contributed by atoms with van der Waals surface area (Å²) in [5.41, 5.74) is 15.1. The second kappa shape index (κ2) is 5.64. The van der Waals surface area contributed by atoms with Crippen molar-refractivity contribution in [2.45, 2.75) is 24.8 Å². The third kappa shape index (κ3) is 2.26. The van der Waals surface area contributed by atoms with E-state index in [1.807, 2.05) is 0 Å². The van der Waals surface area contributed by atoms with Gasteiger partial charge in [-0.05, 0) is 5.53 Å². The molecule has 2 aromatic rings. The van der Waals surface area contributed by atoms with E-state index in [1.54, 1.807) is 4.57 Å². The number of aliphatic hydroxyl groups is 1. The first-order valence-corrected chi connectivity index (χ1v) is 6.52. The molecule has 3 heterocycles. The monoisotopic (exact) mass is 306 g/mol. The van der Waals surface area contributed by atoms with Crippen LogP contribution >= 0.6 is 0 Å². The van der Waals surface area contributed by atoms with Gasteiger partial charge in [0.25, 0.3) is 0 Å². The van der Waals surface area contributed by atoms with Crippen molar-refractivity contribution < 1.29 is 14.6 Å². The molecule has 116 valence electrons. The number of rotatable bonds is 4. The molecule has 11 heteroatoms. The number of hydrogen-bond acceptors (Lipinski definition) is 8. The Morgan fingerprint density at radius 1 is 1.64 bits per heavy atom. The number of anilines is 1. The van der Waals surface area contributed by atoms with E-state index >= 15 is 0 Å². The third-order valence-electron chi connectivity index (χ3n) is 3.49. The smallest absolute Gasteiger partial charge is 0.246 e. The zero-order valence-corrected chi connectivity index (χ0v) is 11.7. The molecular formula is C11H14N8O3. The lowest BCUT2D eigenvalue weighted by molar-refractivity contribution is -0.0232. The van der Waals surface area contributed by atoms with Gasteiger partial charge in [-0.25, -0.2) is 4.98 Å². The zero-order chi connectivity index (χ0) is 15.7. The van der Waals surface area contributed by atoms with E-state index in [1.165, 1.54) is 13.4 Å². The minimum Gasteiger partial charge on any atom is -0.479 e. The number of hydrogen-bond donors (Lipinski definition) is 2. The predicted octanol–water partition coefficient (Wildman–Crippen LogP) is 0.376. The number of nitrogens with zero attached hydrogens (tertiary/aromatic N) is 7. The van der Waals surface area contributed by atoms with Crippen molar-refractivity contribution in [2.75, 3.05) is 19.5 Å². The van der Waals surface area contributed by atoms with Crippen molar-refractivity contribution in [3.8, 4) is 5.88 Å². The van der Waals surface area contributed by atoms with Crippen LogP contribution in [0.15, 0.2) is 11.4 Å². The number of aromatic nitrogens is 4. The standard InChI is InChI=1S/C11H14N8O3/c1-21-10-8-9(15-11(12)16-10)19(4-14-8)7-2-5(17-18-13)6(3-20)22-7/h4-7,20H,2-3H2,1H3,(H2,12,15,16)/t5-,6+,7+/m1/s1. The molecule has 22 heavy (non-hydrogen) atoms. The number of nitrogen functional groups attached to an aromatic ring is 1. The highest BCUT2D eigenvalue weighted by molar-refractivity contribution is 5.77. The van der Waals surface area contributed by atoms with Crippen LogP contribution in [0.2, 0.25) is 0 Å². The highest BCUT2D eigenvalue weighted by Crippen LogP contribution is 2.33. The van der Waals surface area contributed by atoms with Crippen LogP contribution in [0.4, 0.5) is 5.95 Å². The minimum atomic E-state index is -0.570. The Labute approximate surface area is 124 Å². The summed E-state index contributed by atoms with van der Waals surface area (Å²) in [5.74, 6) is 0.318. The average Bonchev–Trinajstić information content (AvgIpc) is 3.10. The maximum absolute atomic E-state index is 9.32. The van der Waals surface area contributed by atoms with Gasteiger partial charge in [0.05, 0.1) is 32.2 Å². The maximum atomic E-state index is 9.32. The molecule has 3 rings (SSSR count). The van der Waals surface area contributed by atoms with Gasteiger partial charge < -0.3 is 20.3 Å². The van der Waals surface area contributed by atoms with Crippen molar-refractivity contribution in [1.29, 1.82) is 0 Å². The summed E-state index contributed by atoms with van der Waals surface area (Å²) in [6, 6.07) is -0.460. The van der Waals surface area contributed by atoms with Gasteiger partial charge in [0.15, 0.2) is 11.2 Å². The molecule has 3 N–H and O–H groups in total. The summed E-state index contributed by atoms with van der Waals surface area (Å²) in [7, 11) is 1.46. The Morgan fingerprint density at radius 2 is 2.45 bits per heavy atom. The molecule has 0 amide bonds. The molecule has 0 aromatic carbocycles. The van der Waals surface area contributed by atoms with Gasteiger partial charge in [0.1, 0.15) is 6.23 Å². The Morgan fingerprint density at radius 3 is 3.14 bits per heavy atom. The average molecular weight is 306 g/mol. The summed E-state index contributed by atoms with van der Waals surface area (Å²) in [6.45, 7) is -0.243. The lowest BCUT2D eigenvalue weighted by Crippen LogP contribution is -2.22. The minimum absolute atomic E-state index is 0.0504. The van der Waals surface area contributed by atoms with Crippen LogP contribution in [-0.2, 0) is 4.74 Å². The maximum Gasteiger partial charge on any atom is 0.246 e. The first kappa shape index (κ1) is 14.3. The fourth-order valence-electron chi connectivity index (χ4n) is 2.50. The molecule has 1 aliphatic rings. The predicted molar refractivity (Wildman–Crippen MR) is 74.8 cm³/mol. The van der Waals surface area contributed by atoms with E-state index in [2.05, 4.69) is 25.0 Å². The molecular weight excluding hydrogens is 292 g/mol. The molecule has 1 fully saturated rings. The van der Waals surface area contributed by atoms with Crippen molar-refractivity contribution in [3.05, 3.63) is 16.8 Å². The van der Waals surface area contributed by atoms with Crippen LogP contribution in [0.1, 0.15) is 12.6 Å². The van der Waals surface area contributed by atoms with Gasteiger partial charge >= 0.3 is 0 Å². The molecule has 2 aromatic heterocycles. The third-order valence-corrected chi connectivity index (χ3v) is 3.49. The van der Waals surface area contributed by atoms with E-state index in [0.717, 1.165) is 0 Å². The van der Waals surface area contributed by atoms with E-state index in [-0.39, 0.29) is 18.4 Å². The van der Waals surface area contributed by atoms with E-state index in [0.29, 0.717) is 17.6 Å². The molecule has 0 unspecified atom stereocenters. The number of nitrogens with two attached hydrogens (primary N) is 1. The van der Waals surface area contributed by atoms with E-state index in [9.17, 15) is 5.11 Å². The van der Waals surface area contributed by atoms with Gasteiger partial charge in [-0.3, -0.25) is 4.57 Å². The SMILES string of the molecule is COc1nc(N)nc2c1ncn2[C@@H]1C[C@@H](N=[N+]=[N-])[C@H](CO)O1. The first-order chi connectivity index (χ1) is 10.7. The Balaban J connectivity index is 2.01. The van der Waals surface area contributed by atoms with Crippen LogP contribution in [0, 0.1) is 0 Å². The van der Waals surface area contributed by atoms with Gasteiger partial charge in [0, 0.05) is 11.3 Å². The summed E-state index contributed by atoms with van der Waals surface area (Å²) in [5, 5.41) is 13.0.